The summed E-state index contributed by atoms with van der Waals surface area (Å²) >= 11 is 0. The molecule has 1 saturated heterocycles. The number of Topliss-reactive ketones (excluding diaryl/α,β-unsaturated/α-hetero) is 1. The van der Waals surface area contributed by atoms with E-state index < -0.39 is 0 Å². The lowest BCUT2D eigenvalue weighted by molar-refractivity contribution is 0.0849. The number of piperidine rings is 1. The molecule has 0 spiro atoms. The van der Waals surface area contributed by atoms with E-state index in [9.17, 15) is 4.79 Å². The molecule has 19 heavy (non-hydrogen) atoms. The van der Waals surface area contributed by atoms with E-state index in [1.165, 1.54) is 6.42 Å². The molecule has 2 unspecified atom stereocenters. The van der Waals surface area contributed by atoms with E-state index in [2.05, 4.69) is 18.7 Å². The molecule has 0 aliphatic carbocycles. The minimum absolute atomic E-state index is 0.198. The number of nitrogens with zero attached hydrogens (tertiary/aromatic N) is 1. The monoisotopic (exact) mass is 261 g/mol. The van der Waals surface area contributed by atoms with E-state index in [4.69, 9.17) is 4.74 Å². The number of carbonyl (C=O) groups excluding carboxylic acids is 1. The molecule has 104 valence electrons. The van der Waals surface area contributed by atoms with Crippen LogP contribution in [0, 0.1) is 11.8 Å². The number of rotatable bonds is 4. The third-order valence-electron chi connectivity index (χ3n) is 3.72. The molecule has 0 radical (unpaired) electrons. The highest BCUT2D eigenvalue weighted by Gasteiger charge is 2.23. The van der Waals surface area contributed by atoms with Crippen LogP contribution in [0.3, 0.4) is 0 Å². The zero-order chi connectivity index (χ0) is 13.8. The Morgan fingerprint density at radius 2 is 1.79 bits per heavy atom. The van der Waals surface area contributed by atoms with Crippen LogP contribution < -0.4 is 4.74 Å². The van der Waals surface area contributed by atoms with Crippen LogP contribution in [0.5, 0.6) is 5.75 Å². The van der Waals surface area contributed by atoms with Crippen molar-refractivity contribution in [2.75, 3.05) is 26.7 Å². The zero-order valence-electron chi connectivity index (χ0n) is 12.1. The number of carbonyl (C=O) groups is 1. The summed E-state index contributed by atoms with van der Waals surface area (Å²) in [6.45, 7) is 7.13. The van der Waals surface area contributed by atoms with Crippen LogP contribution >= 0.6 is 0 Å². The molecule has 3 heteroatoms. The Balaban J connectivity index is 1.96. The van der Waals surface area contributed by atoms with E-state index in [1.807, 2.05) is 24.3 Å². The number of likely N-dealkylation sites (tertiary alicyclic amines) is 1. The zero-order valence-corrected chi connectivity index (χ0v) is 12.1. The van der Waals surface area contributed by atoms with Crippen LogP contribution in [0.15, 0.2) is 24.3 Å². The van der Waals surface area contributed by atoms with E-state index in [0.29, 0.717) is 18.4 Å². The van der Waals surface area contributed by atoms with Crippen LogP contribution in [0.2, 0.25) is 0 Å². The van der Waals surface area contributed by atoms with Gasteiger partial charge in [-0.25, -0.2) is 0 Å². The van der Waals surface area contributed by atoms with Crippen molar-refractivity contribution in [2.24, 2.45) is 11.8 Å². The van der Waals surface area contributed by atoms with Gasteiger partial charge in [-0.1, -0.05) is 13.8 Å². The minimum atomic E-state index is 0.198. The SMILES string of the molecule is COc1ccc(C(=O)CN2CC(C)CC(C)C2)cc1. The van der Waals surface area contributed by atoms with Gasteiger partial charge in [0, 0.05) is 18.7 Å². The standard InChI is InChI=1S/C16H23NO2/c1-12-8-13(2)10-17(9-12)11-16(18)14-4-6-15(19-3)7-5-14/h4-7,12-13H,8-11H2,1-3H3. The van der Waals surface area contributed by atoms with Crippen molar-refractivity contribution in [3.8, 4) is 5.75 Å². The first-order chi connectivity index (χ1) is 9.08. The van der Waals surface area contributed by atoms with Gasteiger partial charge in [0.25, 0.3) is 0 Å². The molecule has 1 aromatic carbocycles. The fraction of sp³-hybridized carbons (Fsp3) is 0.562. The van der Waals surface area contributed by atoms with Crippen molar-refractivity contribution in [1.29, 1.82) is 0 Å². The first kappa shape index (κ1) is 14.1. The van der Waals surface area contributed by atoms with Gasteiger partial charge in [0.2, 0.25) is 0 Å². The Labute approximate surface area is 115 Å². The minimum Gasteiger partial charge on any atom is -0.497 e. The second kappa shape index (κ2) is 6.20. The average molecular weight is 261 g/mol. The molecule has 1 fully saturated rings. The highest BCUT2D eigenvalue weighted by atomic mass is 16.5. The van der Waals surface area contributed by atoms with E-state index >= 15 is 0 Å². The van der Waals surface area contributed by atoms with Crippen LogP contribution in [-0.4, -0.2) is 37.4 Å². The van der Waals surface area contributed by atoms with Crippen LogP contribution in [0.25, 0.3) is 0 Å². The Morgan fingerprint density at radius 1 is 1.21 bits per heavy atom. The number of methoxy groups -OCH3 is 1. The van der Waals surface area contributed by atoms with Gasteiger partial charge in [-0.3, -0.25) is 9.69 Å². The van der Waals surface area contributed by atoms with Gasteiger partial charge in [-0.05, 0) is 42.5 Å². The molecule has 1 aromatic rings. The highest BCUT2D eigenvalue weighted by molar-refractivity contribution is 5.97. The molecule has 0 aromatic heterocycles. The molecule has 0 saturated carbocycles. The predicted molar refractivity (Wildman–Crippen MR) is 76.7 cm³/mol. The van der Waals surface area contributed by atoms with Crippen molar-refractivity contribution in [3.63, 3.8) is 0 Å². The fourth-order valence-electron chi connectivity index (χ4n) is 2.99. The summed E-state index contributed by atoms with van der Waals surface area (Å²) in [5, 5.41) is 0. The Bertz CT molecular complexity index is 417. The number of ether oxygens (including phenoxy) is 1. The lowest BCUT2D eigenvalue weighted by Gasteiger charge is -2.34. The van der Waals surface area contributed by atoms with Gasteiger partial charge in [0.05, 0.1) is 13.7 Å². The summed E-state index contributed by atoms with van der Waals surface area (Å²) in [6.07, 6.45) is 1.27. The normalized spacial score (nSPS) is 24.2. The number of hydrogen-bond donors (Lipinski definition) is 0. The molecule has 2 rings (SSSR count). The maximum Gasteiger partial charge on any atom is 0.176 e. The lowest BCUT2D eigenvalue weighted by atomic mass is 9.91. The summed E-state index contributed by atoms with van der Waals surface area (Å²) < 4.78 is 5.11. The fourth-order valence-corrected chi connectivity index (χ4v) is 2.99. The van der Waals surface area contributed by atoms with Gasteiger partial charge >= 0.3 is 0 Å². The number of benzene rings is 1. The van der Waals surface area contributed by atoms with Crippen molar-refractivity contribution in [2.45, 2.75) is 20.3 Å². The molecule has 1 aliphatic rings. The molecule has 1 heterocycles. The molecule has 3 nitrogen and oxygen atoms in total. The quantitative estimate of drug-likeness (QED) is 0.781. The largest absolute Gasteiger partial charge is 0.497 e. The van der Waals surface area contributed by atoms with Crippen molar-refractivity contribution < 1.29 is 9.53 Å². The van der Waals surface area contributed by atoms with Crippen LogP contribution in [0.1, 0.15) is 30.6 Å². The van der Waals surface area contributed by atoms with Gasteiger partial charge in [-0.2, -0.15) is 0 Å². The predicted octanol–water partition coefficient (Wildman–Crippen LogP) is 2.86. The summed E-state index contributed by atoms with van der Waals surface area (Å²) in [7, 11) is 1.63. The molecule has 0 N–H and O–H groups in total. The molecule has 1 aliphatic heterocycles. The first-order valence-corrected chi connectivity index (χ1v) is 6.98. The number of hydrogen-bond acceptors (Lipinski definition) is 3. The van der Waals surface area contributed by atoms with Gasteiger partial charge in [0.15, 0.2) is 5.78 Å². The third kappa shape index (κ3) is 3.80. The summed E-state index contributed by atoms with van der Waals surface area (Å²) in [6, 6.07) is 7.37. The van der Waals surface area contributed by atoms with Crippen LogP contribution in [0.4, 0.5) is 0 Å². The lowest BCUT2D eigenvalue weighted by Crippen LogP contribution is -2.41. The van der Waals surface area contributed by atoms with E-state index in [1.54, 1.807) is 7.11 Å². The molecule has 2 atom stereocenters. The second-order valence-corrected chi connectivity index (χ2v) is 5.79. The van der Waals surface area contributed by atoms with Gasteiger partial charge in [0.1, 0.15) is 5.75 Å². The van der Waals surface area contributed by atoms with Crippen LogP contribution in [-0.2, 0) is 0 Å². The molecular formula is C16H23NO2. The van der Waals surface area contributed by atoms with E-state index in [-0.39, 0.29) is 5.78 Å². The van der Waals surface area contributed by atoms with Gasteiger partial charge < -0.3 is 4.74 Å². The summed E-state index contributed by atoms with van der Waals surface area (Å²) in [4.78, 5) is 14.5. The maximum atomic E-state index is 12.2. The van der Waals surface area contributed by atoms with Crippen molar-refractivity contribution >= 4 is 5.78 Å². The second-order valence-electron chi connectivity index (χ2n) is 5.79. The first-order valence-electron chi connectivity index (χ1n) is 6.98. The summed E-state index contributed by atoms with van der Waals surface area (Å²) in [5.74, 6) is 2.36. The molecule has 0 amide bonds. The molecule has 0 bridgehead atoms. The smallest absolute Gasteiger partial charge is 0.176 e. The van der Waals surface area contributed by atoms with Crippen molar-refractivity contribution in [1.82, 2.24) is 4.90 Å². The Kier molecular flexibility index (Phi) is 4.59. The third-order valence-corrected chi connectivity index (χ3v) is 3.72. The van der Waals surface area contributed by atoms with Gasteiger partial charge in [-0.15, -0.1) is 0 Å². The number of ketones is 1. The Morgan fingerprint density at radius 3 is 2.32 bits per heavy atom. The van der Waals surface area contributed by atoms with E-state index in [0.717, 1.165) is 24.4 Å². The maximum absolute atomic E-state index is 12.2. The molecular weight excluding hydrogens is 238 g/mol. The van der Waals surface area contributed by atoms with Crippen molar-refractivity contribution in [3.05, 3.63) is 29.8 Å². The average Bonchev–Trinajstić information content (AvgIpc) is 2.37. The Hall–Kier alpha value is -1.35. The summed E-state index contributed by atoms with van der Waals surface area (Å²) in [5.41, 5.74) is 0.770. The highest BCUT2D eigenvalue weighted by Crippen LogP contribution is 2.21. The topological polar surface area (TPSA) is 29.5 Å².